The van der Waals surface area contributed by atoms with E-state index in [4.69, 9.17) is 19.3 Å². The number of benzene rings is 1. The van der Waals surface area contributed by atoms with Gasteiger partial charge >= 0.3 is 0 Å². The van der Waals surface area contributed by atoms with E-state index < -0.39 is 0 Å². The second-order valence-corrected chi connectivity index (χ2v) is 10.1. The molecule has 1 saturated carbocycles. The number of nitrogens with zero attached hydrogens (tertiary/aromatic N) is 1. The molecule has 2 fully saturated rings. The molecule has 200 valence electrons. The van der Waals surface area contributed by atoms with Gasteiger partial charge in [0.1, 0.15) is 17.1 Å². The van der Waals surface area contributed by atoms with E-state index in [1.807, 2.05) is 18.7 Å². The van der Waals surface area contributed by atoms with Crippen molar-refractivity contribution in [2.24, 2.45) is 0 Å². The average Bonchev–Trinajstić information content (AvgIpc) is 3.45. The monoisotopic (exact) mass is 518 g/mol. The predicted molar refractivity (Wildman–Crippen MR) is 145 cm³/mol. The molecule has 3 unspecified atom stereocenters. The zero-order valence-corrected chi connectivity index (χ0v) is 22.2. The van der Waals surface area contributed by atoms with Crippen molar-refractivity contribution in [2.45, 2.75) is 64.7 Å². The molecule has 3 aromatic rings. The Bertz CT molecular complexity index is 1420. The third kappa shape index (κ3) is 4.62. The number of H-pyrrole nitrogens is 1. The van der Waals surface area contributed by atoms with E-state index in [1.165, 1.54) is 6.08 Å². The molecule has 0 radical (unpaired) electrons. The molecule has 38 heavy (non-hydrogen) atoms. The maximum absolute atomic E-state index is 13.7. The number of aryl methyl sites for hydroxylation is 1. The molecule has 1 saturated heterocycles. The van der Waals surface area contributed by atoms with Crippen LogP contribution in [-0.4, -0.2) is 59.8 Å². The van der Waals surface area contributed by atoms with Gasteiger partial charge in [0.2, 0.25) is 0 Å². The third-order valence-electron chi connectivity index (χ3n) is 7.56. The van der Waals surface area contributed by atoms with E-state index in [-0.39, 0.29) is 30.1 Å². The van der Waals surface area contributed by atoms with Gasteiger partial charge in [-0.05, 0) is 51.3 Å². The van der Waals surface area contributed by atoms with Crippen molar-refractivity contribution in [1.29, 1.82) is 5.41 Å². The van der Waals surface area contributed by atoms with E-state index in [1.54, 1.807) is 38.4 Å². The zero-order chi connectivity index (χ0) is 27.0. The minimum atomic E-state index is -0.215. The Morgan fingerprint density at radius 1 is 1.24 bits per heavy atom. The molecule has 1 aliphatic carbocycles. The number of carbonyl (C=O) groups is 2. The summed E-state index contributed by atoms with van der Waals surface area (Å²) < 4.78 is 18.1. The number of aromatic amines is 1. The molecule has 2 aliphatic rings. The predicted octanol–water partition coefficient (Wildman–Crippen LogP) is 4.98. The summed E-state index contributed by atoms with van der Waals surface area (Å²) in [5, 5.41) is 11.0. The van der Waals surface area contributed by atoms with E-state index in [0.717, 1.165) is 37.5 Å². The number of ether oxygens (including phenoxy) is 2. The van der Waals surface area contributed by atoms with Gasteiger partial charge in [0, 0.05) is 43.5 Å². The van der Waals surface area contributed by atoms with E-state index >= 15 is 0 Å². The number of aromatic nitrogens is 1. The first-order chi connectivity index (χ1) is 18.3. The number of rotatable bonds is 6. The normalized spacial score (nSPS) is 21.7. The summed E-state index contributed by atoms with van der Waals surface area (Å²) in [6.45, 7) is 6.22. The van der Waals surface area contributed by atoms with Crippen LogP contribution in [0.2, 0.25) is 0 Å². The van der Waals surface area contributed by atoms with Gasteiger partial charge in [-0.1, -0.05) is 12.8 Å². The molecule has 1 aromatic carbocycles. The van der Waals surface area contributed by atoms with Crippen molar-refractivity contribution in [3.8, 4) is 5.75 Å². The highest BCUT2D eigenvalue weighted by molar-refractivity contribution is 6.07. The van der Waals surface area contributed by atoms with Gasteiger partial charge < -0.3 is 34.5 Å². The summed E-state index contributed by atoms with van der Waals surface area (Å²) in [7, 11) is 1.58. The largest absolute Gasteiger partial charge is 0.460 e. The number of allylic oxidation sites excluding steroid dienone is 1. The summed E-state index contributed by atoms with van der Waals surface area (Å²) in [4.78, 5) is 31.2. The Balaban J connectivity index is 1.42. The van der Waals surface area contributed by atoms with Crippen molar-refractivity contribution < 1.29 is 23.5 Å². The Morgan fingerprint density at radius 3 is 2.79 bits per heavy atom. The summed E-state index contributed by atoms with van der Waals surface area (Å²) in [5.41, 5.74) is 2.98. The highest BCUT2D eigenvalue weighted by atomic mass is 16.5. The van der Waals surface area contributed by atoms with Crippen molar-refractivity contribution >= 4 is 34.8 Å². The number of furan rings is 1. The lowest BCUT2D eigenvalue weighted by atomic mass is 9.89. The van der Waals surface area contributed by atoms with Crippen LogP contribution >= 0.6 is 0 Å². The van der Waals surface area contributed by atoms with Crippen LogP contribution in [0, 0.1) is 19.3 Å². The van der Waals surface area contributed by atoms with E-state index in [2.05, 4.69) is 10.3 Å². The Labute approximate surface area is 221 Å². The fourth-order valence-corrected chi connectivity index (χ4v) is 5.75. The lowest BCUT2D eigenvalue weighted by Crippen LogP contribution is -2.57. The van der Waals surface area contributed by atoms with Crippen LogP contribution < -0.4 is 10.1 Å². The average molecular weight is 519 g/mol. The molecule has 0 spiro atoms. The third-order valence-corrected chi connectivity index (χ3v) is 7.56. The smallest absolute Gasteiger partial charge is 0.256 e. The molecule has 2 aromatic heterocycles. The minimum absolute atomic E-state index is 0.00204. The molecule has 3 N–H and O–H groups in total. The summed E-state index contributed by atoms with van der Waals surface area (Å²) in [5.74, 6) is 1.18. The molecule has 9 nitrogen and oxygen atoms in total. The lowest BCUT2D eigenvalue weighted by molar-refractivity contribution is -0.114. The van der Waals surface area contributed by atoms with Crippen LogP contribution in [0.1, 0.15) is 70.3 Å². The second kappa shape index (κ2) is 10.5. The molecule has 9 heteroatoms. The highest BCUT2D eigenvalue weighted by Gasteiger charge is 2.40. The van der Waals surface area contributed by atoms with E-state index in [9.17, 15) is 9.59 Å². The van der Waals surface area contributed by atoms with Crippen LogP contribution in [0.3, 0.4) is 0 Å². The SMILES string of the molecule is CNC(=O)c1c(C)oc2cc(O/C(=C/C=N)c3[nH]cc(C(=O)N4CC(C)OC5CCCCC54)c3C)ccc12. The molecule has 2 amide bonds. The van der Waals surface area contributed by atoms with Gasteiger partial charge in [-0.3, -0.25) is 9.59 Å². The minimum Gasteiger partial charge on any atom is -0.460 e. The number of carbonyl (C=O) groups excluding carboxylic acids is 2. The molecule has 1 aliphatic heterocycles. The number of hydrogen-bond donors (Lipinski definition) is 3. The maximum Gasteiger partial charge on any atom is 0.256 e. The summed E-state index contributed by atoms with van der Waals surface area (Å²) in [6.07, 6.45) is 8.67. The van der Waals surface area contributed by atoms with Crippen LogP contribution in [0.5, 0.6) is 5.75 Å². The number of hydrogen-bond acceptors (Lipinski definition) is 6. The molecule has 3 heterocycles. The fourth-order valence-electron chi connectivity index (χ4n) is 5.75. The molecular weight excluding hydrogens is 484 g/mol. The van der Waals surface area contributed by atoms with Crippen molar-refractivity contribution in [1.82, 2.24) is 15.2 Å². The van der Waals surface area contributed by atoms with Crippen LogP contribution in [0.15, 0.2) is 34.9 Å². The van der Waals surface area contributed by atoms with Crippen LogP contribution in [-0.2, 0) is 4.74 Å². The lowest BCUT2D eigenvalue weighted by Gasteiger charge is -2.46. The zero-order valence-electron chi connectivity index (χ0n) is 22.2. The first kappa shape index (κ1) is 25.8. The number of fused-ring (bicyclic) bond motifs is 2. The summed E-state index contributed by atoms with van der Waals surface area (Å²) in [6, 6.07) is 5.35. The Morgan fingerprint density at radius 2 is 2.03 bits per heavy atom. The second-order valence-electron chi connectivity index (χ2n) is 10.1. The molecule has 5 rings (SSSR count). The molecular formula is C29H34N4O5. The first-order valence-corrected chi connectivity index (χ1v) is 13.1. The number of nitrogens with one attached hydrogen (secondary N) is 3. The maximum atomic E-state index is 13.7. The van der Waals surface area contributed by atoms with Gasteiger partial charge in [0.15, 0.2) is 5.76 Å². The van der Waals surface area contributed by atoms with Gasteiger partial charge in [0.25, 0.3) is 11.8 Å². The van der Waals surface area contributed by atoms with Gasteiger partial charge in [-0.25, -0.2) is 0 Å². The van der Waals surface area contributed by atoms with E-state index in [0.29, 0.717) is 51.6 Å². The van der Waals surface area contributed by atoms with Crippen molar-refractivity contribution in [3.05, 3.63) is 58.6 Å². The van der Waals surface area contributed by atoms with Crippen molar-refractivity contribution in [2.75, 3.05) is 13.6 Å². The first-order valence-electron chi connectivity index (χ1n) is 13.1. The standard InChI is InChI=1S/C29H34N4O5/c1-16-15-33(22-7-5-6-8-23(22)36-16)29(35)21-14-32-27(17(21)2)24(11-12-30)38-19-9-10-20-25(13-19)37-18(3)26(20)28(34)31-4/h9-14,16,22-23,30,32H,5-8,15H2,1-4H3,(H,31,34)/b24-11+,30-12?. The quantitative estimate of drug-likeness (QED) is 0.314. The van der Waals surface area contributed by atoms with Crippen molar-refractivity contribution in [3.63, 3.8) is 0 Å². The summed E-state index contributed by atoms with van der Waals surface area (Å²) >= 11 is 0. The fraction of sp³-hybridized carbons (Fsp3) is 0.414. The Hall–Kier alpha value is -3.85. The number of morpholine rings is 1. The topological polar surface area (TPSA) is 121 Å². The van der Waals surface area contributed by atoms with Gasteiger partial charge in [-0.15, -0.1) is 0 Å². The van der Waals surface area contributed by atoms with Gasteiger partial charge in [-0.2, -0.15) is 0 Å². The van der Waals surface area contributed by atoms with Gasteiger partial charge in [0.05, 0.1) is 35.1 Å². The Kier molecular flexibility index (Phi) is 7.12. The van der Waals surface area contributed by atoms with Crippen LogP contribution in [0.25, 0.3) is 16.7 Å². The molecule has 3 atom stereocenters. The number of amides is 2. The molecule has 0 bridgehead atoms. The highest BCUT2D eigenvalue weighted by Crippen LogP contribution is 2.34. The van der Waals surface area contributed by atoms with Crippen LogP contribution in [0.4, 0.5) is 0 Å².